The second kappa shape index (κ2) is 5.61. The van der Waals surface area contributed by atoms with Crippen molar-refractivity contribution in [1.82, 2.24) is 9.38 Å². The lowest BCUT2D eigenvalue weighted by Crippen LogP contribution is -3.00. The number of fused-ring (bicyclic) bond motifs is 1. The predicted molar refractivity (Wildman–Crippen MR) is 71.9 cm³/mol. The van der Waals surface area contributed by atoms with Gasteiger partial charge in [0.15, 0.2) is 0 Å². The minimum Gasteiger partial charge on any atom is -1.00 e. The summed E-state index contributed by atoms with van der Waals surface area (Å²) in [7, 11) is 1.68. The molecule has 1 aromatic carbocycles. The summed E-state index contributed by atoms with van der Waals surface area (Å²) < 4.78 is 7.46. The number of nitrogens with zero attached hydrogens (tertiary/aromatic N) is 2. The maximum absolute atomic E-state index is 5.38. The maximum Gasteiger partial charge on any atom is 0.137 e. The Morgan fingerprint density at radius 1 is 1.05 bits per heavy atom. The normalized spacial score (nSPS) is 10.2. The van der Waals surface area contributed by atoms with Gasteiger partial charge in [-0.15, -0.1) is 0 Å². The van der Waals surface area contributed by atoms with Crippen molar-refractivity contribution in [3.8, 4) is 17.0 Å². The molecule has 0 saturated carbocycles. The van der Waals surface area contributed by atoms with Crippen molar-refractivity contribution in [2.45, 2.75) is 6.92 Å². The van der Waals surface area contributed by atoms with Crippen molar-refractivity contribution in [3.05, 3.63) is 54.4 Å². The number of hydrogen-bond donors (Lipinski definition) is 0. The molecule has 98 valence electrons. The predicted octanol–water partition coefficient (Wildman–Crippen LogP) is 0.322. The smallest absolute Gasteiger partial charge is 0.137 e. The van der Waals surface area contributed by atoms with Crippen LogP contribution in [0.5, 0.6) is 5.75 Å². The summed E-state index contributed by atoms with van der Waals surface area (Å²) in [5, 5.41) is 0. The SMILES string of the molecule is COc1ccccc1-c1cn2c(C)cccc2n1.[I-]. The number of rotatable bonds is 2. The summed E-state index contributed by atoms with van der Waals surface area (Å²) in [6, 6.07) is 14.0. The number of benzene rings is 1. The fraction of sp³-hybridized carbons (Fsp3) is 0.133. The van der Waals surface area contributed by atoms with E-state index in [0.717, 1.165) is 22.7 Å². The number of aromatic nitrogens is 2. The average Bonchev–Trinajstić information content (AvgIpc) is 2.84. The Hall–Kier alpha value is -1.56. The Balaban J connectivity index is 0.00000133. The van der Waals surface area contributed by atoms with Gasteiger partial charge in [0.05, 0.1) is 12.8 Å². The van der Waals surface area contributed by atoms with Crippen molar-refractivity contribution in [2.24, 2.45) is 0 Å². The Kier molecular flexibility index (Phi) is 4.09. The molecule has 0 radical (unpaired) electrons. The fourth-order valence-corrected chi connectivity index (χ4v) is 2.13. The molecule has 0 unspecified atom stereocenters. The Labute approximate surface area is 129 Å². The van der Waals surface area contributed by atoms with Gasteiger partial charge in [0.2, 0.25) is 0 Å². The van der Waals surface area contributed by atoms with Crippen LogP contribution >= 0.6 is 0 Å². The number of halogens is 1. The topological polar surface area (TPSA) is 26.5 Å². The molecule has 0 N–H and O–H groups in total. The molecule has 0 saturated heterocycles. The fourth-order valence-electron chi connectivity index (χ4n) is 2.13. The van der Waals surface area contributed by atoms with Crippen LogP contribution in [-0.2, 0) is 0 Å². The van der Waals surface area contributed by atoms with Crippen molar-refractivity contribution in [3.63, 3.8) is 0 Å². The number of aryl methyl sites for hydroxylation is 1. The Morgan fingerprint density at radius 3 is 2.58 bits per heavy atom. The number of methoxy groups -OCH3 is 1. The number of imidazole rings is 1. The Morgan fingerprint density at radius 2 is 1.84 bits per heavy atom. The monoisotopic (exact) mass is 365 g/mol. The molecule has 3 nitrogen and oxygen atoms in total. The van der Waals surface area contributed by atoms with Gasteiger partial charge in [-0.3, -0.25) is 0 Å². The minimum atomic E-state index is 0. The molecule has 0 aliphatic carbocycles. The van der Waals surface area contributed by atoms with Crippen LogP contribution < -0.4 is 28.7 Å². The lowest BCUT2D eigenvalue weighted by molar-refractivity contribution is -0.00000407. The molecule has 0 aliphatic heterocycles. The van der Waals surface area contributed by atoms with Crippen LogP contribution in [0.1, 0.15) is 5.69 Å². The highest BCUT2D eigenvalue weighted by Gasteiger charge is 2.09. The first-order valence-corrected chi connectivity index (χ1v) is 5.88. The van der Waals surface area contributed by atoms with Gasteiger partial charge >= 0.3 is 0 Å². The second-order valence-electron chi connectivity index (χ2n) is 4.22. The lowest BCUT2D eigenvalue weighted by Gasteiger charge is -2.04. The number of ether oxygens (including phenoxy) is 1. The summed E-state index contributed by atoms with van der Waals surface area (Å²) in [6.45, 7) is 2.07. The zero-order chi connectivity index (χ0) is 12.5. The van der Waals surface area contributed by atoms with E-state index in [2.05, 4.69) is 22.4 Å². The van der Waals surface area contributed by atoms with Crippen molar-refractivity contribution < 1.29 is 28.7 Å². The van der Waals surface area contributed by atoms with Crippen LogP contribution in [0, 0.1) is 6.92 Å². The molecule has 3 rings (SSSR count). The van der Waals surface area contributed by atoms with E-state index in [1.54, 1.807) is 7.11 Å². The van der Waals surface area contributed by atoms with Crippen molar-refractivity contribution in [1.29, 1.82) is 0 Å². The third-order valence-corrected chi connectivity index (χ3v) is 3.08. The van der Waals surface area contributed by atoms with Crippen molar-refractivity contribution in [2.75, 3.05) is 7.11 Å². The van der Waals surface area contributed by atoms with Gasteiger partial charge < -0.3 is 33.1 Å². The second-order valence-corrected chi connectivity index (χ2v) is 4.22. The van der Waals surface area contributed by atoms with Gasteiger partial charge in [-0.2, -0.15) is 0 Å². The van der Waals surface area contributed by atoms with Crippen LogP contribution in [0.3, 0.4) is 0 Å². The third-order valence-electron chi connectivity index (χ3n) is 3.08. The van der Waals surface area contributed by atoms with Crippen LogP contribution in [-0.4, -0.2) is 16.5 Å². The summed E-state index contributed by atoms with van der Waals surface area (Å²) in [4.78, 5) is 4.64. The molecule has 0 aliphatic rings. The average molecular weight is 365 g/mol. The molecule has 4 heteroatoms. The van der Waals surface area contributed by atoms with E-state index >= 15 is 0 Å². The standard InChI is InChI=1S/C15H14N2O.HI/c1-11-6-5-9-15-16-13(10-17(11)15)12-7-3-4-8-14(12)18-2;/h3-10H,1-2H3;1H/p-1. The number of para-hydroxylation sites is 1. The quantitative estimate of drug-likeness (QED) is 0.612. The molecule has 0 spiro atoms. The van der Waals surface area contributed by atoms with E-state index in [1.807, 2.05) is 42.6 Å². The zero-order valence-corrected chi connectivity index (χ0v) is 13.0. The van der Waals surface area contributed by atoms with E-state index < -0.39 is 0 Å². The van der Waals surface area contributed by atoms with E-state index in [-0.39, 0.29) is 24.0 Å². The van der Waals surface area contributed by atoms with Crippen LogP contribution in [0.2, 0.25) is 0 Å². The van der Waals surface area contributed by atoms with Crippen molar-refractivity contribution >= 4 is 5.65 Å². The number of pyridine rings is 1. The van der Waals surface area contributed by atoms with E-state index in [1.165, 1.54) is 5.69 Å². The first-order valence-electron chi connectivity index (χ1n) is 5.88. The van der Waals surface area contributed by atoms with Gasteiger partial charge in [-0.05, 0) is 31.2 Å². The molecule has 3 aromatic rings. The maximum atomic E-state index is 5.38. The van der Waals surface area contributed by atoms with E-state index in [0.29, 0.717) is 0 Å². The van der Waals surface area contributed by atoms with Gasteiger partial charge in [0, 0.05) is 17.5 Å². The zero-order valence-electron chi connectivity index (χ0n) is 10.8. The number of hydrogen-bond acceptors (Lipinski definition) is 2. The molecule has 0 atom stereocenters. The Bertz CT molecular complexity index is 706. The first-order chi connectivity index (χ1) is 8.79. The van der Waals surface area contributed by atoms with E-state index in [4.69, 9.17) is 4.74 Å². The molecule has 0 bridgehead atoms. The van der Waals surface area contributed by atoms with Gasteiger partial charge in [-0.1, -0.05) is 18.2 Å². The lowest BCUT2D eigenvalue weighted by atomic mass is 10.1. The molecule has 0 fully saturated rings. The minimum absolute atomic E-state index is 0. The van der Waals surface area contributed by atoms with Crippen LogP contribution in [0.4, 0.5) is 0 Å². The summed E-state index contributed by atoms with van der Waals surface area (Å²) in [5.41, 5.74) is 4.07. The molecular formula is C15H14IN2O-. The van der Waals surface area contributed by atoms with Gasteiger partial charge in [-0.25, -0.2) is 4.98 Å². The molecular weight excluding hydrogens is 351 g/mol. The highest BCUT2D eigenvalue weighted by atomic mass is 127. The van der Waals surface area contributed by atoms with Crippen LogP contribution in [0.15, 0.2) is 48.7 Å². The molecule has 0 amide bonds. The molecule has 2 heterocycles. The van der Waals surface area contributed by atoms with Gasteiger partial charge in [0.1, 0.15) is 11.4 Å². The third kappa shape index (κ3) is 2.45. The van der Waals surface area contributed by atoms with Crippen LogP contribution in [0.25, 0.3) is 16.9 Å². The van der Waals surface area contributed by atoms with E-state index in [9.17, 15) is 0 Å². The first kappa shape index (κ1) is 13.9. The molecule has 19 heavy (non-hydrogen) atoms. The summed E-state index contributed by atoms with van der Waals surface area (Å²) in [5.74, 6) is 0.846. The highest BCUT2D eigenvalue weighted by Crippen LogP contribution is 2.29. The summed E-state index contributed by atoms with van der Waals surface area (Å²) >= 11 is 0. The largest absolute Gasteiger partial charge is 1.00 e. The highest BCUT2D eigenvalue weighted by molar-refractivity contribution is 5.69. The van der Waals surface area contributed by atoms with Gasteiger partial charge in [0.25, 0.3) is 0 Å². The summed E-state index contributed by atoms with van der Waals surface area (Å²) in [6.07, 6.45) is 2.04. The molecule has 2 aromatic heterocycles.